The van der Waals surface area contributed by atoms with E-state index in [0.29, 0.717) is 18.5 Å². The quantitative estimate of drug-likeness (QED) is 0.394. The molecule has 0 heterocycles. The fourth-order valence-corrected chi connectivity index (χ4v) is 2.87. The first-order chi connectivity index (χ1) is 12.7. The Morgan fingerprint density at radius 1 is 0.846 bits per heavy atom. The number of anilines is 2. The second-order valence-electron chi connectivity index (χ2n) is 6.81. The summed E-state index contributed by atoms with van der Waals surface area (Å²) >= 11 is 0. The number of hydrogen-bond donors (Lipinski definition) is 2. The Labute approximate surface area is 159 Å². The van der Waals surface area contributed by atoms with Gasteiger partial charge in [0.15, 0.2) is 0 Å². The zero-order valence-electron chi connectivity index (χ0n) is 16.5. The zero-order chi connectivity index (χ0) is 19.0. The van der Waals surface area contributed by atoms with Crippen LogP contribution in [0.15, 0.2) is 24.3 Å². The molecular formula is C22H35N2O2. The lowest BCUT2D eigenvalue weighted by Crippen LogP contribution is -2.13. The molecule has 0 unspecified atom stereocenters. The van der Waals surface area contributed by atoms with E-state index < -0.39 is 0 Å². The molecule has 145 valence electrons. The van der Waals surface area contributed by atoms with Crippen LogP contribution in [0.4, 0.5) is 11.4 Å². The second kappa shape index (κ2) is 14.3. The highest BCUT2D eigenvalue weighted by atomic mass is 16.2. The summed E-state index contributed by atoms with van der Waals surface area (Å²) in [6.45, 7) is 4.16. The summed E-state index contributed by atoms with van der Waals surface area (Å²) in [6, 6.07) is 7.27. The van der Waals surface area contributed by atoms with Gasteiger partial charge in [-0.2, -0.15) is 0 Å². The first-order valence-electron chi connectivity index (χ1n) is 10.2. The molecule has 1 aromatic carbocycles. The highest BCUT2D eigenvalue weighted by Crippen LogP contribution is 2.16. The van der Waals surface area contributed by atoms with Crippen LogP contribution in [0.3, 0.4) is 0 Å². The molecule has 0 bridgehead atoms. The van der Waals surface area contributed by atoms with E-state index in [9.17, 15) is 9.59 Å². The molecule has 1 aromatic rings. The molecule has 0 saturated heterocycles. The average molecular weight is 360 g/mol. The van der Waals surface area contributed by atoms with Gasteiger partial charge in [0.25, 0.3) is 0 Å². The summed E-state index contributed by atoms with van der Waals surface area (Å²) in [5.74, 6) is -0.0813. The van der Waals surface area contributed by atoms with E-state index in [0.717, 1.165) is 18.5 Å². The van der Waals surface area contributed by atoms with Gasteiger partial charge < -0.3 is 10.6 Å². The van der Waals surface area contributed by atoms with Gasteiger partial charge in [-0.15, -0.1) is 0 Å². The number of rotatable bonds is 14. The number of nitrogens with one attached hydrogen (secondary N) is 2. The van der Waals surface area contributed by atoms with Crippen LogP contribution in [0.1, 0.15) is 84.5 Å². The lowest BCUT2D eigenvalue weighted by Gasteiger charge is -2.08. The SMILES string of the molecule is CC[CH]C(=O)Nc1cccc(NC(=O)CCCCCCCCCCC)c1. The number of benzene rings is 1. The van der Waals surface area contributed by atoms with Gasteiger partial charge in [0, 0.05) is 24.2 Å². The molecule has 0 aliphatic carbocycles. The van der Waals surface area contributed by atoms with Crippen LogP contribution in [0.5, 0.6) is 0 Å². The van der Waals surface area contributed by atoms with Gasteiger partial charge in [0.2, 0.25) is 11.8 Å². The average Bonchev–Trinajstić information content (AvgIpc) is 2.61. The van der Waals surface area contributed by atoms with Gasteiger partial charge >= 0.3 is 0 Å². The molecule has 4 heteroatoms. The van der Waals surface area contributed by atoms with Crippen LogP contribution in [-0.2, 0) is 9.59 Å². The van der Waals surface area contributed by atoms with Crippen LogP contribution in [0.25, 0.3) is 0 Å². The molecule has 0 atom stereocenters. The maximum Gasteiger partial charge on any atom is 0.228 e. The van der Waals surface area contributed by atoms with Gasteiger partial charge in [0.1, 0.15) is 0 Å². The van der Waals surface area contributed by atoms with Crippen LogP contribution in [-0.4, -0.2) is 11.8 Å². The Hall–Kier alpha value is -1.84. The van der Waals surface area contributed by atoms with E-state index >= 15 is 0 Å². The minimum Gasteiger partial charge on any atom is -0.326 e. The van der Waals surface area contributed by atoms with E-state index in [1.807, 2.05) is 25.1 Å². The number of carbonyl (C=O) groups excluding carboxylic acids is 2. The Bertz CT molecular complexity index is 529. The lowest BCUT2D eigenvalue weighted by atomic mass is 10.1. The smallest absolute Gasteiger partial charge is 0.228 e. The minimum atomic E-state index is -0.120. The Kier molecular flexibility index (Phi) is 12.2. The van der Waals surface area contributed by atoms with Gasteiger partial charge in [-0.25, -0.2) is 0 Å². The van der Waals surface area contributed by atoms with Crippen molar-refractivity contribution in [1.82, 2.24) is 0 Å². The molecule has 1 radical (unpaired) electrons. The normalized spacial score (nSPS) is 10.5. The van der Waals surface area contributed by atoms with Crippen molar-refractivity contribution in [1.29, 1.82) is 0 Å². The third-order valence-electron chi connectivity index (χ3n) is 4.31. The first kappa shape index (κ1) is 22.2. The molecule has 0 aliphatic heterocycles. The number of carbonyl (C=O) groups is 2. The highest BCUT2D eigenvalue weighted by molar-refractivity contribution is 5.98. The van der Waals surface area contributed by atoms with Crippen LogP contribution >= 0.6 is 0 Å². The van der Waals surface area contributed by atoms with Crippen molar-refractivity contribution < 1.29 is 9.59 Å². The predicted molar refractivity (Wildman–Crippen MR) is 110 cm³/mol. The van der Waals surface area contributed by atoms with Gasteiger partial charge in [-0.3, -0.25) is 9.59 Å². The molecule has 0 spiro atoms. The van der Waals surface area contributed by atoms with Crippen molar-refractivity contribution in [3.05, 3.63) is 30.7 Å². The Balaban J connectivity index is 2.18. The second-order valence-corrected chi connectivity index (χ2v) is 6.81. The van der Waals surface area contributed by atoms with Gasteiger partial charge in [0.05, 0.1) is 0 Å². The lowest BCUT2D eigenvalue weighted by molar-refractivity contribution is -0.116. The number of unbranched alkanes of at least 4 members (excludes halogenated alkanes) is 8. The monoisotopic (exact) mass is 359 g/mol. The Morgan fingerprint density at radius 2 is 1.42 bits per heavy atom. The van der Waals surface area contributed by atoms with E-state index in [2.05, 4.69) is 17.6 Å². The largest absolute Gasteiger partial charge is 0.326 e. The zero-order valence-corrected chi connectivity index (χ0v) is 16.5. The van der Waals surface area contributed by atoms with E-state index in [1.54, 1.807) is 12.5 Å². The minimum absolute atomic E-state index is 0.0385. The molecule has 1 rings (SSSR count). The van der Waals surface area contributed by atoms with Crippen molar-refractivity contribution in [3.8, 4) is 0 Å². The maximum atomic E-state index is 12.1. The van der Waals surface area contributed by atoms with Crippen LogP contribution < -0.4 is 10.6 Å². The molecule has 26 heavy (non-hydrogen) atoms. The third-order valence-corrected chi connectivity index (χ3v) is 4.31. The first-order valence-corrected chi connectivity index (χ1v) is 10.2. The molecule has 0 fully saturated rings. The van der Waals surface area contributed by atoms with Crippen molar-refractivity contribution in [2.24, 2.45) is 0 Å². The number of hydrogen-bond acceptors (Lipinski definition) is 2. The van der Waals surface area contributed by atoms with E-state index in [4.69, 9.17) is 0 Å². The molecule has 4 nitrogen and oxygen atoms in total. The maximum absolute atomic E-state index is 12.1. The van der Waals surface area contributed by atoms with Crippen LogP contribution in [0, 0.1) is 6.42 Å². The van der Waals surface area contributed by atoms with Crippen molar-refractivity contribution in [2.45, 2.75) is 84.5 Å². The van der Waals surface area contributed by atoms with Crippen molar-refractivity contribution >= 4 is 23.2 Å². The fourth-order valence-electron chi connectivity index (χ4n) is 2.87. The highest BCUT2D eigenvalue weighted by Gasteiger charge is 2.05. The summed E-state index contributed by atoms with van der Waals surface area (Å²) in [5, 5.41) is 5.71. The van der Waals surface area contributed by atoms with Crippen molar-refractivity contribution in [2.75, 3.05) is 10.6 Å². The molecule has 2 N–H and O–H groups in total. The molecular weight excluding hydrogens is 324 g/mol. The van der Waals surface area contributed by atoms with Crippen molar-refractivity contribution in [3.63, 3.8) is 0 Å². The standard InChI is InChI=1S/C22H35N2O2/c1-3-5-6-7-8-9-10-11-12-17-22(26)24-20-16-13-15-19(18-20)23-21(25)14-4-2/h13-16,18H,3-12,17H2,1-2H3,(H,23,25)(H,24,26). The molecule has 2 amide bonds. The van der Waals surface area contributed by atoms with Gasteiger partial charge in [-0.05, 0) is 31.0 Å². The summed E-state index contributed by atoms with van der Waals surface area (Å²) < 4.78 is 0. The molecule has 0 saturated carbocycles. The number of amides is 2. The van der Waals surface area contributed by atoms with E-state index in [-0.39, 0.29) is 11.8 Å². The summed E-state index contributed by atoms with van der Waals surface area (Å²) in [5.41, 5.74) is 1.42. The molecule has 0 aromatic heterocycles. The summed E-state index contributed by atoms with van der Waals surface area (Å²) in [6.07, 6.45) is 14.0. The summed E-state index contributed by atoms with van der Waals surface area (Å²) in [7, 11) is 0. The molecule has 0 aliphatic rings. The Morgan fingerprint density at radius 3 is 2.04 bits per heavy atom. The van der Waals surface area contributed by atoms with Crippen LogP contribution in [0.2, 0.25) is 0 Å². The topological polar surface area (TPSA) is 58.2 Å². The third kappa shape index (κ3) is 10.9. The van der Waals surface area contributed by atoms with Gasteiger partial charge in [-0.1, -0.05) is 71.3 Å². The summed E-state index contributed by atoms with van der Waals surface area (Å²) in [4.78, 5) is 23.6. The predicted octanol–water partition coefficient (Wildman–Crippen LogP) is 6.10. The van der Waals surface area contributed by atoms with E-state index in [1.165, 1.54) is 44.9 Å². The fraction of sp³-hybridized carbons (Fsp3) is 0.591.